The van der Waals surface area contributed by atoms with Gasteiger partial charge in [0.25, 0.3) is 0 Å². The summed E-state index contributed by atoms with van der Waals surface area (Å²) in [5, 5.41) is 3.46. The lowest BCUT2D eigenvalue weighted by Gasteiger charge is -2.31. The number of hydrogen-bond acceptors (Lipinski definition) is 3. The quantitative estimate of drug-likeness (QED) is 0.697. The molecule has 4 nitrogen and oxygen atoms in total. The monoisotopic (exact) mass is 379 g/mol. The Morgan fingerprint density at radius 1 is 1.11 bits per heavy atom. The lowest BCUT2D eigenvalue weighted by molar-refractivity contribution is -0.134. The average Bonchev–Trinajstić information content (AvgIpc) is 3.01. The fourth-order valence-electron chi connectivity index (χ4n) is 3.90. The van der Waals surface area contributed by atoms with E-state index in [9.17, 15) is 4.79 Å². The Morgan fingerprint density at radius 3 is 2.75 bits per heavy atom. The number of pyridine rings is 1. The van der Waals surface area contributed by atoms with E-state index in [1.54, 1.807) is 0 Å². The number of unbranched alkanes of at least 4 members (excludes halogenated alkanes) is 1. The second kappa shape index (κ2) is 11.0. The van der Waals surface area contributed by atoms with Crippen molar-refractivity contribution in [3.63, 3.8) is 0 Å². The van der Waals surface area contributed by atoms with Crippen molar-refractivity contribution in [2.45, 2.75) is 64.5 Å². The smallest absolute Gasteiger partial charge is 0.223 e. The average molecular weight is 380 g/mol. The first-order chi connectivity index (χ1) is 13.7. The molecule has 4 heteroatoms. The third-order valence-corrected chi connectivity index (χ3v) is 5.59. The van der Waals surface area contributed by atoms with Gasteiger partial charge in [0.15, 0.2) is 0 Å². The van der Waals surface area contributed by atoms with E-state index in [2.05, 4.69) is 46.4 Å². The standard InChI is InChI=1S/C24H33N3O/c1-20-11-13-21(14-12-20)7-2-3-10-24(28)27(19-22-8-4-5-17-26-22)23-9-6-16-25-18-15-23/h4-5,8,11-14,17,23,25H,2-3,6-7,9-10,15-16,18-19H2,1H3. The zero-order chi connectivity index (χ0) is 19.6. The number of nitrogens with one attached hydrogen (secondary N) is 1. The Morgan fingerprint density at radius 2 is 1.96 bits per heavy atom. The van der Waals surface area contributed by atoms with E-state index in [1.165, 1.54) is 11.1 Å². The normalized spacial score (nSPS) is 17.1. The SMILES string of the molecule is Cc1ccc(CCCCC(=O)N(Cc2ccccn2)C2CCCNCC2)cc1. The van der Waals surface area contributed by atoms with Crippen LogP contribution in [0.3, 0.4) is 0 Å². The highest BCUT2D eigenvalue weighted by atomic mass is 16.2. The molecular formula is C24H33N3O. The van der Waals surface area contributed by atoms with E-state index in [0.29, 0.717) is 19.0 Å². The van der Waals surface area contributed by atoms with Crippen molar-refractivity contribution in [3.8, 4) is 0 Å². The van der Waals surface area contributed by atoms with Gasteiger partial charge in [0.05, 0.1) is 12.2 Å². The summed E-state index contributed by atoms with van der Waals surface area (Å²) in [5.74, 6) is 0.279. The summed E-state index contributed by atoms with van der Waals surface area (Å²) in [4.78, 5) is 19.6. The van der Waals surface area contributed by atoms with E-state index in [1.807, 2.05) is 24.4 Å². The zero-order valence-corrected chi connectivity index (χ0v) is 17.1. The topological polar surface area (TPSA) is 45.2 Å². The Kier molecular flexibility index (Phi) is 8.04. The van der Waals surface area contributed by atoms with Gasteiger partial charge in [0.2, 0.25) is 5.91 Å². The van der Waals surface area contributed by atoms with Crippen LogP contribution in [0.4, 0.5) is 0 Å². The van der Waals surface area contributed by atoms with Crippen molar-refractivity contribution in [2.75, 3.05) is 13.1 Å². The minimum Gasteiger partial charge on any atom is -0.334 e. The van der Waals surface area contributed by atoms with Crippen molar-refractivity contribution in [1.82, 2.24) is 15.2 Å². The van der Waals surface area contributed by atoms with Crippen LogP contribution >= 0.6 is 0 Å². The first-order valence-corrected chi connectivity index (χ1v) is 10.7. The van der Waals surface area contributed by atoms with Crippen LogP contribution in [0.25, 0.3) is 0 Å². The van der Waals surface area contributed by atoms with Crippen LogP contribution in [0.5, 0.6) is 0 Å². The number of rotatable bonds is 8. The fourth-order valence-corrected chi connectivity index (χ4v) is 3.90. The van der Waals surface area contributed by atoms with E-state index < -0.39 is 0 Å². The van der Waals surface area contributed by atoms with Gasteiger partial charge in [-0.05, 0) is 76.2 Å². The zero-order valence-electron chi connectivity index (χ0n) is 17.1. The molecule has 1 atom stereocenters. The Balaban J connectivity index is 1.55. The van der Waals surface area contributed by atoms with Crippen LogP contribution in [-0.4, -0.2) is 34.9 Å². The summed E-state index contributed by atoms with van der Waals surface area (Å²) in [7, 11) is 0. The minimum absolute atomic E-state index is 0.279. The molecule has 1 aliphatic rings. The maximum absolute atomic E-state index is 13.1. The number of nitrogens with zero attached hydrogens (tertiary/aromatic N) is 2. The van der Waals surface area contributed by atoms with E-state index in [0.717, 1.165) is 57.3 Å². The van der Waals surface area contributed by atoms with Crippen molar-refractivity contribution < 1.29 is 4.79 Å². The molecule has 2 heterocycles. The highest BCUT2D eigenvalue weighted by Crippen LogP contribution is 2.19. The molecule has 1 fully saturated rings. The molecule has 1 amide bonds. The highest BCUT2D eigenvalue weighted by molar-refractivity contribution is 5.76. The third-order valence-electron chi connectivity index (χ3n) is 5.59. The molecule has 150 valence electrons. The van der Waals surface area contributed by atoms with Gasteiger partial charge < -0.3 is 10.2 Å². The van der Waals surface area contributed by atoms with Gasteiger partial charge in [-0.15, -0.1) is 0 Å². The van der Waals surface area contributed by atoms with Crippen LogP contribution in [0, 0.1) is 6.92 Å². The number of aryl methyl sites for hydroxylation is 2. The van der Waals surface area contributed by atoms with E-state index in [-0.39, 0.29) is 5.91 Å². The summed E-state index contributed by atoms with van der Waals surface area (Å²) >= 11 is 0. The van der Waals surface area contributed by atoms with Gasteiger partial charge in [-0.3, -0.25) is 9.78 Å². The van der Waals surface area contributed by atoms with Gasteiger partial charge >= 0.3 is 0 Å². The number of aromatic nitrogens is 1. The second-order valence-corrected chi connectivity index (χ2v) is 7.87. The summed E-state index contributed by atoms with van der Waals surface area (Å²) in [6, 6.07) is 15.0. The second-order valence-electron chi connectivity index (χ2n) is 7.87. The Labute approximate surface area is 169 Å². The van der Waals surface area contributed by atoms with Crippen LogP contribution in [0.2, 0.25) is 0 Å². The molecule has 0 radical (unpaired) electrons. The van der Waals surface area contributed by atoms with Crippen molar-refractivity contribution >= 4 is 5.91 Å². The van der Waals surface area contributed by atoms with Crippen molar-refractivity contribution in [2.24, 2.45) is 0 Å². The summed E-state index contributed by atoms with van der Waals surface area (Å²) in [6.45, 7) is 4.78. The first-order valence-electron chi connectivity index (χ1n) is 10.7. The van der Waals surface area contributed by atoms with Crippen molar-refractivity contribution in [1.29, 1.82) is 0 Å². The molecule has 2 aromatic rings. The fraction of sp³-hybridized carbons (Fsp3) is 0.500. The van der Waals surface area contributed by atoms with Gasteiger partial charge in [0, 0.05) is 18.7 Å². The van der Waals surface area contributed by atoms with Gasteiger partial charge in [-0.2, -0.15) is 0 Å². The summed E-state index contributed by atoms with van der Waals surface area (Å²) in [5.41, 5.74) is 3.63. The Bertz CT molecular complexity index is 706. The van der Waals surface area contributed by atoms with Crippen LogP contribution in [0.1, 0.15) is 55.3 Å². The molecule has 0 aliphatic carbocycles. The largest absolute Gasteiger partial charge is 0.334 e. The third kappa shape index (κ3) is 6.45. The predicted molar refractivity (Wildman–Crippen MR) is 114 cm³/mol. The number of amides is 1. The van der Waals surface area contributed by atoms with Gasteiger partial charge in [0.1, 0.15) is 0 Å². The molecule has 3 rings (SSSR count). The van der Waals surface area contributed by atoms with Gasteiger partial charge in [-0.25, -0.2) is 0 Å². The number of carbonyl (C=O) groups excluding carboxylic acids is 1. The first kappa shape index (κ1) is 20.5. The maximum atomic E-state index is 13.1. The predicted octanol–water partition coefficient (Wildman–Crippen LogP) is 4.27. The van der Waals surface area contributed by atoms with Crippen molar-refractivity contribution in [3.05, 3.63) is 65.5 Å². The molecule has 1 aromatic carbocycles. The lowest BCUT2D eigenvalue weighted by Crippen LogP contribution is -2.40. The minimum atomic E-state index is 0.279. The molecular weight excluding hydrogens is 346 g/mol. The summed E-state index contributed by atoms with van der Waals surface area (Å²) in [6.07, 6.45) is 8.72. The van der Waals surface area contributed by atoms with Crippen LogP contribution in [0.15, 0.2) is 48.7 Å². The summed E-state index contributed by atoms with van der Waals surface area (Å²) < 4.78 is 0. The molecule has 1 saturated heterocycles. The molecule has 1 N–H and O–H groups in total. The van der Waals surface area contributed by atoms with Gasteiger partial charge in [-0.1, -0.05) is 35.9 Å². The maximum Gasteiger partial charge on any atom is 0.223 e. The molecule has 0 spiro atoms. The molecule has 0 bridgehead atoms. The van der Waals surface area contributed by atoms with E-state index in [4.69, 9.17) is 0 Å². The number of hydrogen-bond donors (Lipinski definition) is 1. The Hall–Kier alpha value is -2.20. The van der Waals surface area contributed by atoms with Crippen LogP contribution in [-0.2, 0) is 17.8 Å². The number of benzene rings is 1. The molecule has 1 aliphatic heterocycles. The van der Waals surface area contributed by atoms with Crippen LogP contribution < -0.4 is 5.32 Å². The molecule has 1 unspecified atom stereocenters. The van der Waals surface area contributed by atoms with E-state index >= 15 is 0 Å². The number of carbonyl (C=O) groups is 1. The lowest BCUT2D eigenvalue weighted by atomic mass is 10.0. The highest BCUT2D eigenvalue weighted by Gasteiger charge is 2.24. The molecule has 1 aromatic heterocycles. The molecule has 0 saturated carbocycles. The molecule has 28 heavy (non-hydrogen) atoms.